The summed E-state index contributed by atoms with van der Waals surface area (Å²) in [5.74, 6) is -0.734. The Kier molecular flexibility index (Phi) is 5.67. The minimum atomic E-state index is -0.481. The van der Waals surface area contributed by atoms with Crippen LogP contribution in [-0.2, 0) is 14.3 Å². The van der Waals surface area contributed by atoms with Gasteiger partial charge in [-0.25, -0.2) is 5.43 Å². The van der Waals surface area contributed by atoms with Gasteiger partial charge in [-0.1, -0.05) is 30.3 Å². The molecule has 2 heterocycles. The van der Waals surface area contributed by atoms with Crippen LogP contribution in [0, 0.1) is 11.8 Å². The first-order valence-corrected chi connectivity index (χ1v) is 8.76. The third-order valence-electron chi connectivity index (χ3n) is 5.19. The van der Waals surface area contributed by atoms with Crippen molar-refractivity contribution in [3.63, 3.8) is 0 Å². The number of ether oxygens (including phenoxy) is 1. The zero-order chi connectivity index (χ0) is 17.8. The van der Waals surface area contributed by atoms with Crippen molar-refractivity contribution >= 4 is 11.9 Å². The van der Waals surface area contributed by atoms with Crippen LogP contribution in [0.1, 0.15) is 24.9 Å². The molecule has 4 N–H and O–H groups in total. The first kappa shape index (κ1) is 17.8. The number of amides is 1. The molecule has 3 rings (SSSR count). The Balaban J connectivity index is 1.75. The fraction of sp³-hybridized carbons (Fsp3) is 0.556. The van der Waals surface area contributed by atoms with E-state index in [2.05, 4.69) is 21.5 Å². The van der Waals surface area contributed by atoms with Crippen LogP contribution in [-0.4, -0.2) is 44.2 Å². The molecule has 2 saturated heterocycles. The predicted molar refractivity (Wildman–Crippen MR) is 93.3 cm³/mol. The number of carbonyl (C=O) groups excluding carboxylic acids is 2. The highest BCUT2D eigenvalue weighted by molar-refractivity contribution is 5.84. The fourth-order valence-corrected chi connectivity index (χ4v) is 3.70. The number of nitrogens with one attached hydrogen (secondary N) is 4. The van der Waals surface area contributed by atoms with Crippen LogP contribution in [0.5, 0.6) is 0 Å². The van der Waals surface area contributed by atoms with E-state index in [1.165, 1.54) is 7.11 Å². The van der Waals surface area contributed by atoms with Crippen LogP contribution in [0.3, 0.4) is 0 Å². The van der Waals surface area contributed by atoms with E-state index < -0.39 is 12.0 Å². The van der Waals surface area contributed by atoms with Gasteiger partial charge in [0.1, 0.15) is 6.04 Å². The summed E-state index contributed by atoms with van der Waals surface area (Å²) in [6.07, 6.45) is 0.988. The minimum absolute atomic E-state index is 0.103. The van der Waals surface area contributed by atoms with E-state index in [0.29, 0.717) is 6.04 Å². The van der Waals surface area contributed by atoms with Crippen LogP contribution >= 0.6 is 0 Å². The van der Waals surface area contributed by atoms with E-state index in [4.69, 9.17) is 4.74 Å². The molecule has 7 heteroatoms. The lowest BCUT2D eigenvalue weighted by Crippen LogP contribution is -2.51. The summed E-state index contributed by atoms with van der Waals surface area (Å²) < 4.78 is 4.88. The average molecular weight is 346 g/mol. The number of esters is 1. The van der Waals surface area contributed by atoms with Crippen molar-refractivity contribution in [2.75, 3.05) is 20.2 Å². The van der Waals surface area contributed by atoms with Crippen molar-refractivity contribution in [2.24, 2.45) is 11.8 Å². The van der Waals surface area contributed by atoms with Gasteiger partial charge in [0.2, 0.25) is 5.91 Å². The standard InChI is InChI=1S/C18H26N4O3/c1-11(18(24)25-2)15(12-6-4-3-5-7-12)20-17(23)16-13-10-19-9-8-14(13)21-22-16/h3-7,11,13-16,19,21-22H,8-10H2,1-2H3,(H,20,23). The number of rotatable bonds is 5. The van der Waals surface area contributed by atoms with E-state index in [-0.39, 0.29) is 23.8 Å². The lowest BCUT2D eigenvalue weighted by atomic mass is 9.88. The average Bonchev–Trinajstić information content (AvgIpc) is 3.09. The summed E-state index contributed by atoms with van der Waals surface area (Å²) >= 11 is 0. The van der Waals surface area contributed by atoms with Gasteiger partial charge in [-0.2, -0.15) is 0 Å². The number of fused-ring (bicyclic) bond motifs is 1. The Morgan fingerprint density at radius 3 is 2.72 bits per heavy atom. The summed E-state index contributed by atoms with van der Waals surface area (Å²) in [4.78, 5) is 25.0. The summed E-state index contributed by atoms with van der Waals surface area (Å²) in [5, 5.41) is 6.40. The third-order valence-corrected chi connectivity index (χ3v) is 5.19. The molecule has 25 heavy (non-hydrogen) atoms. The molecule has 136 valence electrons. The van der Waals surface area contributed by atoms with Gasteiger partial charge in [-0.3, -0.25) is 15.0 Å². The maximum absolute atomic E-state index is 12.9. The van der Waals surface area contributed by atoms with Gasteiger partial charge in [0, 0.05) is 18.5 Å². The number of methoxy groups -OCH3 is 1. The molecule has 0 aliphatic carbocycles. The second kappa shape index (κ2) is 7.95. The van der Waals surface area contributed by atoms with Crippen molar-refractivity contribution in [1.29, 1.82) is 0 Å². The Hall–Kier alpha value is -1.96. The van der Waals surface area contributed by atoms with Crippen LogP contribution in [0.15, 0.2) is 30.3 Å². The van der Waals surface area contributed by atoms with E-state index >= 15 is 0 Å². The molecule has 5 atom stereocenters. The van der Waals surface area contributed by atoms with Gasteiger partial charge < -0.3 is 15.4 Å². The molecule has 0 bridgehead atoms. The van der Waals surface area contributed by atoms with Gasteiger partial charge in [-0.15, -0.1) is 0 Å². The minimum Gasteiger partial charge on any atom is -0.469 e. The van der Waals surface area contributed by atoms with Crippen molar-refractivity contribution < 1.29 is 14.3 Å². The topological polar surface area (TPSA) is 91.5 Å². The van der Waals surface area contributed by atoms with Crippen LogP contribution < -0.4 is 21.5 Å². The van der Waals surface area contributed by atoms with Gasteiger partial charge in [0.05, 0.1) is 19.1 Å². The first-order valence-electron chi connectivity index (χ1n) is 8.76. The smallest absolute Gasteiger partial charge is 0.310 e. The number of hydrazine groups is 1. The zero-order valence-corrected chi connectivity index (χ0v) is 14.6. The highest BCUT2D eigenvalue weighted by atomic mass is 16.5. The number of hydrogen-bond donors (Lipinski definition) is 4. The number of benzene rings is 1. The molecule has 2 aliphatic heterocycles. The molecule has 0 radical (unpaired) electrons. The van der Waals surface area contributed by atoms with Crippen LogP contribution in [0.2, 0.25) is 0 Å². The number of hydrogen-bond acceptors (Lipinski definition) is 6. The molecular weight excluding hydrogens is 320 g/mol. The van der Waals surface area contributed by atoms with Gasteiger partial charge in [-0.05, 0) is 25.5 Å². The van der Waals surface area contributed by atoms with Crippen LogP contribution in [0.25, 0.3) is 0 Å². The molecule has 2 aliphatic rings. The fourth-order valence-electron chi connectivity index (χ4n) is 3.70. The van der Waals surface area contributed by atoms with E-state index in [1.54, 1.807) is 6.92 Å². The molecule has 0 saturated carbocycles. The molecule has 7 nitrogen and oxygen atoms in total. The molecule has 0 spiro atoms. The zero-order valence-electron chi connectivity index (χ0n) is 14.6. The van der Waals surface area contributed by atoms with E-state index in [1.807, 2.05) is 30.3 Å². The van der Waals surface area contributed by atoms with Crippen LogP contribution in [0.4, 0.5) is 0 Å². The Morgan fingerprint density at radius 2 is 2.00 bits per heavy atom. The Morgan fingerprint density at radius 1 is 1.24 bits per heavy atom. The highest BCUT2D eigenvalue weighted by Crippen LogP contribution is 2.25. The molecular formula is C18H26N4O3. The molecule has 0 aromatic heterocycles. The summed E-state index contributed by atoms with van der Waals surface area (Å²) in [6, 6.07) is 9.07. The largest absolute Gasteiger partial charge is 0.469 e. The maximum Gasteiger partial charge on any atom is 0.310 e. The Labute approximate surface area is 147 Å². The summed E-state index contributed by atoms with van der Waals surface area (Å²) in [6.45, 7) is 3.52. The van der Waals surface area contributed by atoms with E-state index in [9.17, 15) is 9.59 Å². The lowest BCUT2D eigenvalue weighted by Gasteiger charge is -2.29. The van der Waals surface area contributed by atoms with Crippen molar-refractivity contribution in [2.45, 2.75) is 31.5 Å². The molecule has 1 aromatic carbocycles. The highest BCUT2D eigenvalue weighted by Gasteiger charge is 2.42. The molecule has 5 unspecified atom stereocenters. The van der Waals surface area contributed by atoms with Crippen molar-refractivity contribution in [3.05, 3.63) is 35.9 Å². The molecule has 1 aromatic rings. The molecule has 1 amide bonds. The number of piperidine rings is 1. The monoisotopic (exact) mass is 346 g/mol. The first-order chi connectivity index (χ1) is 12.1. The normalized spacial score (nSPS) is 27.8. The number of carbonyl (C=O) groups is 2. The lowest BCUT2D eigenvalue weighted by molar-refractivity contribution is -0.146. The third kappa shape index (κ3) is 3.84. The van der Waals surface area contributed by atoms with Gasteiger partial charge >= 0.3 is 5.97 Å². The summed E-state index contributed by atoms with van der Waals surface area (Å²) in [5.41, 5.74) is 7.23. The summed E-state index contributed by atoms with van der Waals surface area (Å²) in [7, 11) is 1.36. The Bertz CT molecular complexity index is 610. The SMILES string of the molecule is COC(=O)C(C)C(NC(=O)C1NNC2CCNCC21)c1ccccc1. The van der Waals surface area contributed by atoms with E-state index in [0.717, 1.165) is 25.1 Å². The molecule has 2 fully saturated rings. The van der Waals surface area contributed by atoms with Gasteiger partial charge in [0.15, 0.2) is 0 Å². The maximum atomic E-state index is 12.9. The van der Waals surface area contributed by atoms with Crippen molar-refractivity contribution in [1.82, 2.24) is 21.5 Å². The van der Waals surface area contributed by atoms with Gasteiger partial charge in [0.25, 0.3) is 0 Å². The predicted octanol–water partition coefficient (Wildman–Crippen LogP) is 0.108. The quantitative estimate of drug-likeness (QED) is 0.566. The second-order valence-corrected chi connectivity index (χ2v) is 6.74. The second-order valence-electron chi connectivity index (χ2n) is 6.74. The van der Waals surface area contributed by atoms with Crippen molar-refractivity contribution in [3.8, 4) is 0 Å².